The minimum atomic E-state index is -0.221. The number of urea groups is 1. The minimum absolute atomic E-state index is 0.205. The van der Waals surface area contributed by atoms with E-state index in [0.29, 0.717) is 48.4 Å². The summed E-state index contributed by atoms with van der Waals surface area (Å²) in [4.78, 5) is 34.5. The van der Waals surface area contributed by atoms with Crippen LogP contribution < -0.4 is 10.1 Å². The second-order valence-electron chi connectivity index (χ2n) is 6.76. The molecule has 27 heavy (non-hydrogen) atoms. The summed E-state index contributed by atoms with van der Waals surface area (Å²) >= 11 is 1.44. The predicted molar refractivity (Wildman–Crippen MR) is 102 cm³/mol. The summed E-state index contributed by atoms with van der Waals surface area (Å²) in [5.74, 6) is 1.04. The molecule has 8 nitrogen and oxygen atoms in total. The third kappa shape index (κ3) is 3.74. The van der Waals surface area contributed by atoms with Gasteiger partial charge in [-0.3, -0.25) is 10.1 Å². The number of carbonyl (C=O) groups excluding carboxylic acids is 2. The summed E-state index contributed by atoms with van der Waals surface area (Å²) < 4.78 is 11.8. The number of thiazole rings is 1. The van der Waals surface area contributed by atoms with E-state index in [2.05, 4.69) is 15.3 Å². The summed E-state index contributed by atoms with van der Waals surface area (Å²) in [6, 6.07) is -0.221. The first kappa shape index (κ1) is 18.1. The molecule has 0 spiro atoms. The number of amides is 2. The van der Waals surface area contributed by atoms with Gasteiger partial charge >= 0.3 is 6.03 Å². The van der Waals surface area contributed by atoms with E-state index in [0.717, 1.165) is 36.3 Å². The molecule has 4 heterocycles. The quantitative estimate of drug-likeness (QED) is 0.866. The van der Waals surface area contributed by atoms with Gasteiger partial charge < -0.3 is 14.4 Å². The number of nitrogens with one attached hydrogen (secondary N) is 1. The van der Waals surface area contributed by atoms with Crippen LogP contribution >= 0.6 is 11.3 Å². The topological polar surface area (TPSA) is 93.7 Å². The highest BCUT2D eigenvalue weighted by atomic mass is 32.1. The number of Topliss-reactive ketones (excluding diaryl/α,β-unsaturated/α-hetero) is 1. The van der Waals surface area contributed by atoms with Crippen LogP contribution in [0.4, 0.5) is 9.93 Å². The molecule has 0 aliphatic carbocycles. The van der Waals surface area contributed by atoms with E-state index in [1.165, 1.54) is 11.3 Å². The smallest absolute Gasteiger partial charge is 0.323 e. The van der Waals surface area contributed by atoms with E-state index in [4.69, 9.17) is 9.47 Å². The van der Waals surface area contributed by atoms with Crippen molar-refractivity contribution in [1.29, 1.82) is 0 Å². The largest absolute Gasteiger partial charge is 0.479 e. The fraction of sp³-hybridized carbons (Fsp3) is 0.556. The van der Waals surface area contributed by atoms with Crippen molar-refractivity contribution in [2.24, 2.45) is 0 Å². The Morgan fingerprint density at radius 2 is 2.07 bits per heavy atom. The van der Waals surface area contributed by atoms with Crippen LogP contribution in [0.3, 0.4) is 0 Å². The lowest BCUT2D eigenvalue weighted by atomic mass is 9.93. The number of ether oxygens (including phenoxy) is 2. The second kappa shape index (κ2) is 7.77. The molecule has 1 N–H and O–H groups in total. The fourth-order valence-corrected chi connectivity index (χ4v) is 4.58. The number of piperidine rings is 1. The molecule has 0 aromatic carbocycles. The van der Waals surface area contributed by atoms with Crippen molar-refractivity contribution < 1.29 is 19.1 Å². The lowest BCUT2D eigenvalue weighted by Gasteiger charge is -2.25. The fourth-order valence-electron chi connectivity index (χ4n) is 3.54. The maximum atomic E-state index is 12.5. The maximum absolute atomic E-state index is 12.5. The number of ketones is 1. The van der Waals surface area contributed by atoms with Gasteiger partial charge in [-0.05, 0) is 24.3 Å². The normalized spacial score (nSPS) is 18.7. The third-order valence-corrected chi connectivity index (χ3v) is 6.11. The van der Waals surface area contributed by atoms with Gasteiger partial charge in [0.2, 0.25) is 5.88 Å². The molecule has 2 aromatic heterocycles. The summed E-state index contributed by atoms with van der Waals surface area (Å²) in [5.41, 5.74) is 1.81. The monoisotopic (exact) mass is 390 g/mol. The molecule has 144 valence electrons. The van der Waals surface area contributed by atoms with Gasteiger partial charge in [-0.25, -0.2) is 14.8 Å². The second-order valence-corrected chi connectivity index (χ2v) is 7.76. The lowest BCUT2D eigenvalue weighted by molar-refractivity contribution is -0.120. The van der Waals surface area contributed by atoms with Gasteiger partial charge in [0.15, 0.2) is 5.13 Å². The molecular formula is C18H22N4O4S. The SMILES string of the molecule is COc1ncc(C2CCOCC2)c2sc(NC(=O)N3CCC(=O)CC3)nc12. The molecule has 0 saturated carbocycles. The zero-order valence-corrected chi connectivity index (χ0v) is 16.0. The Balaban J connectivity index is 1.60. The number of nitrogens with zero attached hydrogens (tertiary/aromatic N) is 3. The van der Waals surface area contributed by atoms with Gasteiger partial charge in [-0.2, -0.15) is 0 Å². The number of aromatic nitrogens is 2. The van der Waals surface area contributed by atoms with Crippen LogP contribution in [-0.2, 0) is 9.53 Å². The van der Waals surface area contributed by atoms with Gasteiger partial charge in [0.1, 0.15) is 11.3 Å². The number of pyridine rings is 1. The molecular weight excluding hydrogens is 368 g/mol. The molecule has 2 amide bonds. The Bertz CT molecular complexity index is 852. The van der Waals surface area contributed by atoms with Crippen molar-refractivity contribution in [1.82, 2.24) is 14.9 Å². The molecule has 0 radical (unpaired) electrons. The molecule has 4 rings (SSSR count). The molecule has 0 unspecified atom stereocenters. The molecule has 0 bridgehead atoms. The Morgan fingerprint density at radius 3 is 2.78 bits per heavy atom. The first-order valence-corrected chi connectivity index (χ1v) is 9.96. The van der Waals surface area contributed by atoms with Crippen LogP contribution in [-0.4, -0.2) is 60.1 Å². The van der Waals surface area contributed by atoms with Crippen molar-refractivity contribution in [3.63, 3.8) is 0 Å². The van der Waals surface area contributed by atoms with Crippen molar-refractivity contribution in [3.8, 4) is 5.88 Å². The van der Waals surface area contributed by atoms with E-state index in [1.54, 1.807) is 12.0 Å². The van der Waals surface area contributed by atoms with E-state index >= 15 is 0 Å². The predicted octanol–water partition coefficient (Wildman–Crippen LogP) is 2.79. The average molecular weight is 390 g/mol. The van der Waals surface area contributed by atoms with Gasteiger partial charge in [0.25, 0.3) is 0 Å². The van der Waals surface area contributed by atoms with E-state index in [9.17, 15) is 9.59 Å². The van der Waals surface area contributed by atoms with E-state index in [1.807, 2.05) is 6.20 Å². The van der Waals surface area contributed by atoms with Crippen molar-refractivity contribution in [2.45, 2.75) is 31.6 Å². The Kier molecular flexibility index (Phi) is 5.22. The number of methoxy groups -OCH3 is 1. The maximum Gasteiger partial charge on any atom is 0.323 e. The zero-order valence-electron chi connectivity index (χ0n) is 15.2. The number of likely N-dealkylation sites (tertiary alicyclic amines) is 1. The number of anilines is 1. The summed E-state index contributed by atoms with van der Waals surface area (Å²) in [6.45, 7) is 2.39. The van der Waals surface area contributed by atoms with Crippen LogP contribution in [0, 0.1) is 0 Å². The average Bonchev–Trinajstić information content (AvgIpc) is 3.11. The number of fused-ring (bicyclic) bond motifs is 1. The Labute approximate surface area is 160 Å². The molecule has 2 aliphatic heterocycles. The highest BCUT2D eigenvalue weighted by Gasteiger charge is 2.25. The molecule has 2 saturated heterocycles. The van der Waals surface area contributed by atoms with Gasteiger partial charge in [-0.15, -0.1) is 0 Å². The summed E-state index contributed by atoms with van der Waals surface area (Å²) in [7, 11) is 1.57. The third-order valence-electron chi connectivity index (χ3n) is 5.09. The molecule has 2 aliphatic rings. The number of hydrogen-bond acceptors (Lipinski definition) is 7. The van der Waals surface area contributed by atoms with Crippen LogP contribution in [0.25, 0.3) is 10.2 Å². The van der Waals surface area contributed by atoms with Crippen molar-refractivity contribution in [3.05, 3.63) is 11.8 Å². The van der Waals surface area contributed by atoms with E-state index in [-0.39, 0.29) is 11.8 Å². The van der Waals surface area contributed by atoms with E-state index < -0.39 is 0 Å². The summed E-state index contributed by atoms with van der Waals surface area (Å²) in [5, 5.41) is 3.39. The van der Waals surface area contributed by atoms with Crippen LogP contribution in [0.5, 0.6) is 5.88 Å². The lowest BCUT2D eigenvalue weighted by Crippen LogP contribution is -2.41. The summed E-state index contributed by atoms with van der Waals surface area (Å²) in [6.07, 6.45) is 4.59. The number of rotatable bonds is 3. The minimum Gasteiger partial charge on any atom is -0.479 e. The van der Waals surface area contributed by atoms with Crippen LogP contribution in [0.1, 0.15) is 37.2 Å². The standard InChI is InChI=1S/C18H22N4O4S/c1-25-16-14-15(13(10-19-16)11-4-8-26-9-5-11)27-17(20-14)21-18(24)22-6-2-12(23)3-7-22/h10-11H,2-9H2,1H3,(H,20,21,24). The molecule has 0 atom stereocenters. The highest BCUT2D eigenvalue weighted by Crippen LogP contribution is 2.39. The van der Waals surface area contributed by atoms with Crippen molar-refractivity contribution >= 4 is 38.5 Å². The van der Waals surface area contributed by atoms with Gasteiger partial charge in [-0.1, -0.05) is 11.3 Å². The molecule has 2 fully saturated rings. The number of hydrogen-bond donors (Lipinski definition) is 1. The van der Waals surface area contributed by atoms with Gasteiger partial charge in [0.05, 0.1) is 11.8 Å². The van der Waals surface area contributed by atoms with Gasteiger partial charge in [0, 0.05) is 45.3 Å². The Hall–Kier alpha value is -2.26. The number of carbonyl (C=O) groups is 2. The highest BCUT2D eigenvalue weighted by molar-refractivity contribution is 7.22. The Morgan fingerprint density at radius 1 is 1.33 bits per heavy atom. The first-order chi connectivity index (χ1) is 13.2. The first-order valence-electron chi connectivity index (χ1n) is 9.14. The van der Waals surface area contributed by atoms with Crippen LogP contribution in [0.2, 0.25) is 0 Å². The van der Waals surface area contributed by atoms with Crippen molar-refractivity contribution in [2.75, 3.05) is 38.7 Å². The molecule has 2 aromatic rings. The molecule has 9 heteroatoms. The van der Waals surface area contributed by atoms with Crippen LogP contribution in [0.15, 0.2) is 6.20 Å². The zero-order chi connectivity index (χ0) is 18.8.